The van der Waals surface area contributed by atoms with Crippen LogP contribution in [0, 0.1) is 12.7 Å². The number of methoxy groups -OCH3 is 1. The SMILES string of the molecule is CO/N=C(/C(=O)OC)c1cccc(C)c1CO/N=C1\CCOc2cc(F)ccc21. The van der Waals surface area contributed by atoms with Crippen molar-refractivity contribution < 1.29 is 28.3 Å². The van der Waals surface area contributed by atoms with Gasteiger partial charge >= 0.3 is 5.97 Å². The highest BCUT2D eigenvalue weighted by molar-refractivity contribution is 6.43. The molecule has 1 aliphatic heterocycles. The fourth-order valence-corrected chi connectivity index (χ4v) is 3.02. The van der Waals surface area contributed by atoms with Crippen LogP contribution in [-0.2, 0) is 25.8 Å². The molecule has 8 heteroatoms. The Morgan fingerprint density at radius 3 is 2.83 bits per heavy atom. The molecule has 0 saturated heterocycles. The van der Waals surface area contributed by atoms with E-state index in [9.17, 15) is 9.18 Å². The Bertz CT molecular complexity index is 972. The molecule has 3 rings (SSSR count). The second kappa shape index (κ2) is 9.18. The summed E-state index contributed by atoms with van der Waals surface area (Å²) < 4.78 is 23.7. The quantitative estimate of drug-likeness (QED) is 0.422. The third-order valence-corrected chi connectivity index (χ3v) is 4.46. The highest BCUT2D eigenvalue weighted by atomic mass is 19.1. The van der Waals surface area contributed by atoms with Gasteiger partial charge in [-0.2, -0.15) is 0 Å². The Morgan fingerprint density at radius 1 is 1.24 bits per heavy atom. The molecule has 0 bridgehead atoms. The summed E-state index contributed by atoms with van der Waals surface area (Å²) in [5.41, 5.74) is 3.55. The monoisotopic (exact) mass is 400 g/mol. The van der Waals surface area contributed by atoms with Gasteiger partial charge in [0, 0.05) is 29.2 Å². The average Bonchev–Trinajstić information content (AvgIpc) is 2.72. The number of hydrogen-bond acceptors (Lipinski definition) is 7. The number of rotatable bonds is 6. The largest absolute Gasteiger partial charge is 0.492 e. The molecule has 0 radical (unpaired) electrons. The number of halogens is 1. The topological polar surface area (TPSA) is 78.7 Å². The lowest BCUT2D eigenvalue weighted by molar-refractivity contribution is -0.132. The van der Waals surface area contributed by atoms with Crippen LogP contribution >= 0.6 is 0 Å². The molecule has 152 valence electrons. The maximum absolute atomic E-state index is 13.4. The van der Waals surface area contributed by atoms with Crippen molar-refractivity contribution in [2.24, 2.45) is 10.3 Å². The van der Waals surface area contributed by atoms with Gasteiger partial charge in [0.25, 0.3) is 0 Å². The minimum absolute atomic E-state index is 0.0387. The fourth-order valence-electron chi connectivity index (χ4n) is 3.02. The Labute approximate surface area is 167 Å². The highest BCUT2D eigenvalue weighted by Gasteiger charge is 2.21. The second-order valence-electron chi connectivity index (χ2n) is 6.27. The fraction of sp³-hybridized carbons (Fsp3) is 0.286. The lowest BCUT2D eigenvalue weighted by Crippen LogP contribution is -2.20. The van der Waals surface area contributed by atoms with Gasteiger partial charge in [-0.05, 0) is 24.6 Å². The summed E-state index contributed by atoms with van der Waals surface area (Å²) in [5, 5.41) is 8.03. The van der Waals surface area contributed by atoms with Crippen LogP contribution in [0.3, 0.4) is 0 Å². The number of esters is 1. The first kappa shape index (κ1) is 20.3. The Morgan fingerprint density at radius 2 is 2.07 bits per heavy atom. The van der Waals surface area contributed by atoms with E-state index in [-0.39, 0.29) is 18.1 Å². The van der Waals surface area contributed by atoms with Gasteiger partial charge in [-0.3, -0.25) is 0 Å². The third-order valence-electron chi connectivity index (χ3n) is 4.46. The smallest absolute Gasteiger partial charge is 0.360 e. The molecule has 2 aromatic rings. The summed E-state index contributed by atoms with van der Waals surface area (Å²) in [7, 11) is 2.63. The molecular formula is C21H21FN2O5. The second-order valence-corrected chi connectivity index (χ2v) is 6.27. The van der Waals surface area contributed by atoms with Crippen molar-refractivity contribution in [3.05, 3.63) is 64.5 Å². The van der Waals surface area contributed by atoms with Crippen molar-refractivity contribution in [3.63, 3.8) is 0 Å². The summed E-state index contributed by atoms with van der Waals surface area (Å²) in [6, 6.07) is 9.73. The zero-order valence-electron chi connectivity index (χ0n) is 16.4. The third kappa shape index (κ3) is 4.53. The zero-order chi connectivity index (χ0) is 20.8. The summed E-state index contributed by atoms with van der Waals surface area (Å²) >= 11 is 0. The van der Waals surface area contributed by atoms with Crippen LogP contribution in [0.5, 0.6) is 5.75 Å². The van der Waals surface area contributed by atoms with Gasteiger partial charge in [-0.25, -0.2) is 9.18 Å². The summed E-state index contributed by atoms with van der Waals surface area (Å²) in [6.07, 6.45) is 0.539. The van der Waals surface area contributed by atoms with Crippen LogP contribution < -0.4 is 4.74 Å². The normalized spacial score (nSPS) is 14.8. The molecule has 0 N–H and O–H groups in total. The van der Waals surface area contributed by atoms with Crippen LogP contribution in [0.1, 0.15) is 28.7 Å². The summed E-state index contributed by atoms with van der Waals surface area (Å²) in [5.74, 6) is -0.552. The number of aryl methyl sites for hydroxylation is 1. The number of benzene rings is 2. The van der Waals surface area contributed by atoms with Gasteiger partial charge in [0.1, 0.15) is 25.3 Å². The average molecular weight is 400 g/mol. The van der Waals surface area contributed by atoms with Gasteiger partial charge < -0.3 is 19.1 Å². The molecule has 0 aliphatic carbocycles. The molecule has 1 aliphatic rings. The van der Waals surface area contributed by atoms with Crippen LogP contribution in [0.25, 0.3) is 0 Å². The van der Waals surface area contributed by atoms with E-state index in [1.54, 1.807) is 18.2 Å². The molecular weight excluding hydrogens is 379 g/mol. The molecule has 0 spiro atoms. The van der Waals surface area contributed by atoms with E-state index in [2.05, 4.69) is 10.3 Å². The van der Waals surface area contributed by atoms with Gasteiger partial charge in [0.15, 0.2) is 5.71 Å². The molecule has 0 aromatic heterocycles. The van der Waals surface area contributed by atoms with Gasteiger partial charge in [-0.1, -0.05) is 28.5 Å². The van der Waals surface area contributed by atoms with E-state index in [1.807, 2.05) is 13.0 Å². The molecule has 0 unspecified atom stereocenters. The van der Waals surface area contributed by atoms with E-state index < -0.39 is 5.97 Å². The van der Waals surface area contributed by atoms with Crippen molar-refractivity contribution in [1.82, 2.24) is 0 Å². The molecule has 29 heavy (non-hydrogen) atoms. The van der Waals surface area contributed by atoms with Crippen molar-refractivity contribution in [2.45, 2.75) is 20.0 Å². The number of fused-ring (bicyclic) bond motifs is 1. The molecule has 2 aromatic carbocycles. The molecule has 7 nitrogen and oxygen atoms in total. The molecule has 0 saturated carbocycles. The standard InChI is InChI=1S/C21H21FN2O5/c1-13-5-4-6-15(20(24-27-3)21(25)26-2)17(13)12-29-23-18-9-10-28-19-11-14(22)7-8-16(18)19/h4-8,11H,9-10,12H2,1-3H3/b23-18+,24-20+. The number of carbonyl (C=O) groups is 1. The molecule has 0 fully saturated rings. The lowest BCUT2D eigenvalue weighted by atomic mass is 9.99. The Hall–Kier alpha value is -3.42. The summed E-state index contributed by atoms with van der Waals surface area (Å²) in [6.45, 7) is 2.38. The number of oxime groups is 2. The summed E-state index contributed by atoms with van der Waals surface area (Å²) in [4.78, 5) is 22.5. The predicted octanol–water partition coefficient (Wildman–Crippen LogP) is 3.36. The van der Waals surface area contributed by atoms with Crippen molar-refractivity contribution in [1.29, 1.82) is 0 Å². The minimum atomic E-state index is -0.620. The lowest BCUT2D eigenvalue weighted by Gasteiger charge is -2.19. The van der Waals surface area contributed by atoms with Crippen LogP contribution in [-0.4, -0.2) is 38.2 Å². The first-order valence-corrected chi connectivity index (χ1v) is 8.95. The zero-order valence-corrected chi connectivity index (χ0v) is 16.4. The molecule has 0 atom stereocenters. The first-order chi connectivity index (χ1) is 14.0. The maximum atomic E-state index is 13.4. The number of ether oxygens (including phenoxy) is 2. The number of carbonyl (C=O) groups excluding carboxylic acids is 1. The maximum Gasteiger partial charge on any atom is 0.360 e. The van der Waals surface area contributed by atoms with Crippen molar-refractivity contribution in [2.75, 3.05) is 20.8 Å². The number of nitrogens with zero attached hydrogens (tertiary/aromatic N) is 2. The predicted molar refractivity (Wildman–Crippen MR) is 105 cm³/mol. The van der Waals surface area contributed by atoms with Gasteiger partial charge in [-0.15, -0.1) is 0 Å². The Kier molecular flexibility index (Phi) is 6.43. The van der Waals surface area contributed by atoms with Gasteiger partial charge in [0.2, 0.25) is 0 Å². The van der Waals surface area contributed by atoms with E-state index in [4.69, 9.17) is 19.1 Å². The van der Waals surface area contributed by atoms with E-state index >= 15 is 0 Å². The van der Waals surface area contributed by atoms with E-state index in [0.717, 1.165) is 11.1 Å². The molecule has 0 amide bonds. The van der Waals surface area contributed by atoms with Crippen LogP contribution in [0.4, 0.5) is 4.39 Å². The van der Waals surface area contributed by atoms with E-state index in [0.29, 0.717) is 35.6 Å². The van der Waals surface area contributed by atoms with Crippen LogP contribution in [0.15, 0.2) is 46.7 Å². The minimum Gasteiger partial charge on any atom is -0.492 e. The van der Waals surface area contributed by atoms with Gasteiger partial charge in [0.05, 0.1) is 19.4 Å². The van der Waals surface area contributed by atoms with Crippen LogP contribution in [0.2, 0.25) is 0 Å². The van der Waals surface area contributed by atoms with Crippen molar-refractivity contribution in [3.8, 4) is 5.75 Å². The number of hydrogen-bond donors (Lipinski definition) is 0. The van der Waals surface area contributed by atoms with Crippen molar-refractivity contribution >= 4 is 17.4 Å². The first-order valence-electron chi connectivity index (χ1n) is 8.95. The van der Waals surface area contributed by atoms with E-state index in [1.165, 1.54) is 26.4 Å². The molecule has 1 heterocycles. The highest BCUT2D eigenvalue weighted by Crippen LogP contribution is 2.26. The Balaban J connectivity index is 1.86.